The average molecular weight is 443 g/mol. The van der Waals surface area contributed by atoms with E-state index in [1.54, 1.807) is 16.7 Å². The molecule has 0 fully saturated rings. The van der Waals surface area contributed by atoms with Crippen LogP contribution in [0.1, 0.15) is 12.0 Å². The summed E-state index contributed by atoms with van der Waals surface area (Å²) < 4.78 is 1.73. The SMILES string of the molecule is O=c1cc(-c2ccccc2)nc2n1CCCN2C1=CCN=C(NCCc2ccccc2O)N1. The number of anilines is 1. The summed E-state index contributed by atoms with van der Waals surface area (Å²) in [5, 5.41) is 16.6. The highest BCUT2D eigenvalue weighted by Crippen LogP contribution is 2.24. The van der Waals surface area contributed by atoms with E-state index in [0.717, 1.165) is 29.9 Å². The van der Waals surface area contributed by atoms with Gasteiger partial charge >= 0.3 is 0 Å². The number of nitrogens with zero attached hydrogens (tertiary/aromatic N) is 4. The highest BCUT2D eigenvalue weighted by atomic mass is 16.3. The zero-order valence-electron chi connectivity index (χ0n) is 18.2. The topological polar surface area (TPSA) is 94.8 Å². The van der Waals surface area contributed by atoms with E-state index in [4.69, 9.17) is 4.98 Å². The number of benzene rings is 2. The highest BCUT2D eigenvalue weighted by Gasteiger charge is 2.25. The number of rotatable bonds is 5. The summed E-state index contributed by atoms with van der Waals surface area (Å²) in [4.78, 5) is 24.3. The van der Waals surface area contributed by atoms with Crippen molar-refractivity contribution in [3.05, 3.63) is 88.5 Å². The van der Waals surface area contributed by atoms with E-state index in [2.05, 4.69) is 20.5 Å². The lowest BCUT2D eigenvalue weighted by atomic mass is 10.1. The Morgan fingerprint density at radius 1 is 1.06 bits per heavy atom. The summed E-state index contributed by atoms with van der Waals surface area (Å²) in [5.74, 6) is 2.47. The predicted octanol–water partition coefficient (Wildman–Crippen LogP) is 2.46. The van der Waals surface area contributed by atoms with Crippen LogP contribution in [0.4, 0.5) is 5.95 Å². The van der Waals surface area contributed by atoms with Crippen LogP contribution in [-0.4, -0.2) is 40.3 Å². The molecule has 1 aromatic heterocycles. The highest BCUT2D eigenvalue weighted by molar-refractivity contribution is 5.83. The first-order valence-corrected chi connectivity index (χ1v) is 11.2. The van der Waals surface area contributed by atoms with Crippen molar-refractivity contribution in [3.63, 3.8) is 0 Å². The van der Waals surface area contributed by atoms with Crippen molar-refractivity contribution in [1.82, 2.24) is 20.2 Å². The minimum atomic E-state index is -0.0466. The molecule has 0 radical (unpaired) electrons. The molecule has 3 aromatic rings. The minimum absolute atomic E-state index is 0.0466. The lowest BCUT2D eigenvalue weighted by Gasteiger charge is -2.34. The Hall–Kier alpha value is -4.07. The number of aromatic hydroxyl groups is 1. The monoisotopic (exact) mass is 442 g/mol. The number of hydrogen-bond acceptors (Lipinski definition) is 7. The summed E-state index contributed by atoms with van der Waals surface area (Å²) >= 11 is 0. The maximum atomic E-state index is 12.9. The first-order chi connectivity index (χ1) is 16.2. The van der Waals surface area contributed by atoms with Gasteiger partial charge in [0.25, 0.3) is 5.56 Å². The molecule has 0 bridgehead atoms. The van der Waals surface area contributed by atoms with E-state index in [-0.39, 0.29) is 5.56 Å². The van der Waals surface area contributed by atoms with E-state index in [1.165, 1.54) is 0 Å². The van der Waals surface area contributed by atoms with Crippen molar-refractivity contribution >= 4 is 11.9 Å². The second-order valence-electron chi connectivity index (χ2n) is 8.01. The fourth-order valence-corrected chi connectivity index (χ4v) is 4.13. The van der Waals surface area contributed by atoms with Crippen molar-refractivity contribution in [2.45, 2.75) is 19.4 Å². The summed E-state index contributed by atoms with van der Waals surface area (Å²) in [6.45, 7) is 2.57. The Morgan fingerprint density at radius 3 is 2.73 bits per heavy atom. The van der Waals surface area contributed by atoms with Crippen LogP contribution in [-0.2, 0) is 13.0 Å². The lowest BCUT2D eigenvalue weighted by Crippen LogP contribution is -2.48. The molecule has 0 atom stereocenters. The lowest BCUT2D eigenvalue weighted by molar-refractivity contribution is 0.467. The van der Waals surface area contributed by atoms with Crippen LogP contribution in [0, 0.1) is 0 Å². The Morgan fingerprint density at radius 2 is 1.88 bits per heavy atom. The van der Waals surface area contributed by atoms with Gasteiger partial charge in [-0.2, -0.15) is 0 Å². The standard InChI is InChI=1S/C25H26N6O2/c32-21-10-5-4-9-19(21)11-13-26-24-27-14-12-22(29-24)30-15-6-16-31-23(33)17-20(28-25(30)31)18-7-2-1-3-8-18/h1-5,7-10,12,17,32H,6,11,13-16H2,(H2,26,27,29). The van der Waals surface area contributed by atoms with E-state index in [1.807, 2.05) is 54.6 Å². The number of phenols is 1. The third-order valence-electron chi connectivity index (χ3n) is 5.81. The van der Waals surface area contributed by atoms with Gasteiger partial charge in [0.05, 0.1) is 12.2 Å². The van der Waals surface area contributed by atoms with Gasteiger partial charge in [-0.05, 0) is 30.5 Å². The van der Waals surface area contributed by atoms with Crippen LogP contribution in [0.5, 0.6) is 5.75 Å². The molecule has 2 aliphatic heterocycles. The van der Waals surface area contributed by atoms with Gasteiger partial charge in [-0.3, -0.25) is 14.3 Å². The van der Waals surface area contributed by atoms with Gasteiger partial charge in [-0.15, -0.1) is 0 Å². The summed E-state index contributed by atoms with van der Waals surface area (Å²) in [7, 11) is 0. The third kappa shape index (κ3) is 4.45. The van der Waals surface area contributed by atoms with Gasteiger partial charge < -0.3 is 15.7 Å². The summed E-state index contributed by atoms with van der Waals surface area (Å²) in [6.07, 6.45) is 3.53. The van der Waals surface area contributed by atoms with Crippen molar-refractivity contribution in [2.75, 3.05) is 24.5 Å². The molecule has 0 spiro atoms. The fourth-order valence-electron chi connectivity index (χ4n) is 4.13. The Balaban J connectivity index is 1.32. The molecule has 0 amide bonds. The fraction of sp³-hybridized carbons (Fsp3) is 0.240. The largest absolute Gasteiger partial charge is 0.508 e. The Labute approximate surface area is 191 Å². The molecule has 3 heterocycles. The zero-order valence-corrected chi connectivity index (χ0v) is 18.2. The normalized spacial score (nSPS) is 15.2. The molecule has 0 saturated carbocycles. The molecule has 0 unspecified atom stereocenters. The number of hydrogen-bond donors (Lipinski definition) is 3. The molecule has 0 saturated heterocycles. The molecule has 0 aliphatic carbocycles. The molecule has 168 valence electrons. The molecule has 8 heteroatoms. The molecular weight excluding hydrogens is 416 g/mol. The van der Waals surface area contributed by atoms with E-state index in [9.17, 15) is 9.90 Å². The van der Waals surface area contributed by atoms with Crippen LogP contribution in [0.25, 0.3) is 11.3 Å². The van der Waals surface area contributed by atoms with Crippen LogP contribution in [0.15, 0.2) is 82.3 Å². The number of para-hydroxylation sites is 1. The molecule has 2 aliphatic rings. The molecule has 2 aromatic carbocycles. The van der Waals surface area contributed by atoms with Crippen molar-refractivity contribution in [2.24, 2.45) is 4.99 Å². The second kappa shape index (κ2) is 9.20. The number of nitrogens with one attached hydrogen (secondary N) is 2. The number of guanidine groups is 1. The number of phenolic OH excluding ortho intramolecular Hbond substituents is 1. The molecule has 5 rings (SSSR count). The quantitative estimate of drug-likeness (QED) is 0.562. The van der Waals surface area contributed by atoms with Gasteiger partial charge in [-0.25, -0.2) is 9.98 Å². The minimum Gasteiger partial charge on any atom is -0.508 e. The number of fused-ring (bicyclic) bond motifs is 1. The molecule has 3 N–H and O–H groups in total. The number of aromatic nitrogens is 2. The van der Waals surface area contributed by atoms with Gasteiger partial charge in [0.15, 0.2) is 5.96 Å². The summed E-state index contributed by atoms with van der Waals surface area (Å²) in [6, 6.07) is 18.7. The zero-order chi connectivity index (χ0) is 22.6. The number of aliphatic imine (C=N–C) groups is 1. The molecule has 33 heavy (non-hydrogen) atoms. The van der Waals surface area contributed by atoms with Crippen molar-refractivity contribution < 1.29 is 5.11 Å². The Kier molecular flexibility index (Phi) is 5.80. The van der Waals surface area contributed by atoms with Gasteiger partial charge in [0.1, 0.15) is 11.6 Å². The van der Waals surface area contributed by atoms with Crippen LogP contribution in [0.2, 0.25) is 0 Å². The maximum Gasteiger partial charge on any atom is 0.255 e. The van der Waals surface area contributed by atoms with Gasteiger partial charge in [0.2, 0.25) is 5.95 Å². The first-order valence-electron chi connectivity index (χ1n) is 11.2. The smallest absolute Gasteiger partial charge is 0.255 e. The average Bonchev–Trinajstić information content (AvgIpc) is 2.86. The van der Waals surface area contributed by atoms with Gasteiger partial charge in [0, 0.05) is 31.3 Å². The first kappa shape index (κ1) is 20.8. The third-order valence-corrected chi connectivity index (χ3v) is 5.81. The van der Waals surface area contributed by atoms with Crippen molar-refractivity contribution in [1.29, 1.82) is 0 Å². The summed E-state index contributed by atoms with van der Waals surface area (Å²) in [5.41, 5.74) is 2.43. The van der Waals surface area contributed by atoms with Crippen LogP contribution < -0.4 is 21.1 Å². The van der Waals surface area contributed by atoms with E-state index < -0.39 is 0 Å². The van der Waals surface area contributed by atoms with Crippen LogP contribution >= 0.6 is 0 Å². The Bertz CT molecular complexity index is 1270. The van der Waals surface area contributed by atoms with E-state index >= 15 is 0 Å². The maximum absolute atomic E-state index is 12.9. The molecular formula is C25H26N6O2. The predicted molar refractivity (Wildman–Crippen MR) is 129 cm³/mol. The second-order valence-corrected chi connectivity index (χ2v) is 8.01. The van der Waals surface area contributed by atoms with Crippen molar-refractivity contribution in [3.8, 4) is 17.0 Å². The van der Waals surface area contributed by atoms with E-state index in [0.29, 0.717) is 49.4 Å². The van der Waals surface area contributed by atoms with Crippen LogP contribution in [0.3, 0.4) is 0 Å². The van der Waals surface area contributed by atoms with Gasteiger partial charge in [-0.1, -0.05) is 48.5 Å². The molecule has 8 nitrogen and oxygen atoms in total.